The smallest absolute Gasteiger partial charge is 0.327 e. The molecule has 0 aromatic rings. The molecule has 0 saturated carbocycles. The summed E-state index contributed by atoms with van der Waals surface area (Å²) in [5.74, 6) is 0. The third-order valence-electron chi connectivity index (χ3n) is 3.89. The van der Waals surface area contributed by atoms with Crippen LogP contribution in [-0.2, 0) is 22.6 Å². The Kier molecular flexibility index (Phi) is 14.6. The van der Waals surface area contributed by atoms with E-state index in [9.17, 15) is 0 Å². The summed E-state index contributed by atoms with van der Waals surface area (Å²) in [6.07, 6.45) is 7.06. The van der Waals surface area contributed by atoms with Gasteiger partial charge >= 0.3 is 15.3 Å². The lowest BCUT2D eigenvalue weighted by Gasteiger charge is -2.34. The van der Waals surface area contributed by atoms with Gasteiger partial charge in [-0.1, -0.05) is 48.0 Å². The molecule has 0 spiro atoms. The molecule has 1 aliphatic heterocycles. The Labute approximate surface area is 184 Å². The number of unbranched alkanes of at least 4 members (excludes halogenated alkanes) is 1. The highest BCUT2D eigenvalue weighted by Crippen LogP contribution is 2.80. The van der Waals surface area contributed by atoms with Gasteiger partial charge in [0.05, 0.1) is 33.0 Å². The van der Waals surface area contributed by atoms with Crippen molar-refractivity contribution in [3.8, 4) is 0 Å². The highest BCUT2D eigenvalue weighted by atomic mass is 31.3. The molecule has 0 saturated heterocycles. The van der Waals surface area contributed by atoms with E-state index < -0.39 is 22.8 Å². The first-order valence-electron chi connectivity index (χ1n) is 11.6. The summed E-state index contributed by atoms with van der Waals surface area (Å²) in [6, 6.07) is 0. The predicted molar refractivity (Wildman–Crippen MR) is 129 cm³/mol. The lowest BCUT2D eigenvalue weighted by atomic mass is 10.4. The third kappa shape index (κ3) is 9.16. The number of hydrogen-bond acceptors (Lipinski definition) is 8. The predicted octanol–water partition coefficient (Wildman–Crippen LogP) is 8.86. The third-order valence-corrected chi connectivity index (χ3v) is 13.3. The van der Waals surface area contributed by atoms with Gasteiger partial charge in [0, 0.05) is 6.16 Å². The molecule has 1 aliphatic rings. The van der Waals surface area contributed by atoms with Crippen molar-refractivity contribution in [3.05, 3.63) is 0 Å². The molecule has 11 heteroatoms. The van der Waals surface area contributed by atoms with Crippen molar-refractivity contribution in [2.24, 2.45) is 13.5 Å². The van der Waals surface area contributed by atoms with Crippen molar-refractivity contribution in [1.82, 2.24) is 0 Å². The van der Waals surface area contributed by atoms with Crippen LogP contribution in [0, 0.1) is 0 Å². The molecule has 180 valence electrons. The van der Waals surface area contributed by atoms with Gasteiger partial charge in [-0.15, -0.1) is 4.52 Å². The van der Waals surface area contributed by atoms with E-state index in [1.54, 1.807) is 0 Å². The molecule has 1 rings (SSSR count). The quantitative estimate of drug-likeness (QED) is 0.180. The Balaban J connectivity index is 3.71. The van der Waals surface area contributed by atoms with E-state index >= 15 is 0 Å². The molecule has 0 N–H and O–H groups in total. The van der Waals surface area contributed by atoms with Crippen LogP contribution in [0.4, 0.5) is 0 Å². The fourth-order valence-electron chi connectivity index (χ4n) is 2.48. The number of nitrogens with zero attached hydrogens (tertiary/aromatic N) is 3. The standard InChI is InChI=1S/C19H44N3O5P3/c1-7-13-19-28(23-14-8-2)20-29(24-15-9-3,25-16-10-4)22-30(21-28,26-17-11-5)27-18-12-6/h7-19H2,1-6H3. The maximum absolute atomic E-state index is 6.41. The Morgan fingerprint density at radius 1 is 0.467 bits per heavy atom. The average molecular weight is 487 g/mol. The summed E-state index contributed by atoms with van der Waals surface area (Å²) in [6.45, 7) is 15.2. The van der Waals surface area contributed by atoms with Crippen LogP contribution in [0.3, 0.4) is 0 Å². The van der Waals surface area contributed by atoms with E-state index in [1.165, 1.54) is 0 Å². The van der Waals surface area contributed by atoms with Crippen molar-refractivity contribution < 1.29 is 22.6 Å². The Morgan fingerprint density at radius 2 is 0.867 bits per heavy atom. The van der Waals surface area contributed by atoms with E-state index in [2.05, 4.69) is 41.5 Å². The highest BCUT2D eigenvalue weighted by Gasteiger charge is 2.41. The molecule has 1 atom stereocenters. The van der Waals surface area contributed by atoms with Gasteiger partial charge < -0.3 is 22.6 Å². The molecule has 0 aliphatic carbocycles. The van der Waals surface area contributed by atoms with E-state index in [4.69, 9.17) is 36.2 Å². The van der Waals surface area contributed by atoms with Gasteiger partial charge in [0.2, 0.25) is 7.43 Å². The Morgan fingerprint density at radius 3 is 1.27 bits per heavy atom. The number of rotatable bonds is 18. The van der Waals surface area contributed by atoms with Crippen LogP contribution in [0.1, 0.15) is 86.5 Å². The highest BCUT2D eigenvalue weighted by molar-refractivity contribution is 7.80. The summed E-state index contributed by atoms with van der Waals surface area (Å²) < 4.78 is 46.6. The average Bonchev–Trinajstić information content (AvgIpc) is 2.76. The molecule has 0 aromatic carbocycles. The SMILES string of the molecule is CCCCP1(OCCC)=NP(OCCC)(OCCC)=NP(OCCC)(OCCC)=N1. The monoisotopic (exact) mass is 487 g/mol. The van der Waals surface area contributed by atoms with Crippen LogP contribution in [-0.4, -0.2) is 39.2 Å². The van der Waals surface area contributed by atoms with Crippen LogP contribution in [0.15, 0.2) is 13.5 Å². The largest absolute Gasteiger partial charge is 0.347 e. The fraction of sp³-hybridized carbons (Fsp3) is 1.00. The van der Waals surface area contributed by atoms with Gasteiger partial charge in [-0.25, -0.2) is 0 Å². The molecule has 1 heterocycles. The Bertz CT molecular complexity index is 505. The van der Waals surface area contributed by atoms with Crippen LogP contribution in [0.25, 0.3) is 0 Å². The van der Waals surface area contributed by atoms with E-state index in [1.807, 2.05) is 0 Å². The molecule has 0 amide bonds. The zero-order valence-electron chi connectivity index (χ0n) is 19.9. The molecular weight excluding hydrogens is 443 g/mol. The zero-order valence-corrected chi connectivity index (χ0v) is 22.6. The second-order valence-corrected chi connectivity index (χ2v) is 14.3. The molecule has 30 heavy (non-hydrogen) atoms. The van der Waals surface area contributed by atoms with Gasteiger partial charge in [0.1, 0.15) is 0 Å². The van der Waals surface area contributed by atoms with Crippen molar-refractivity contribution in [3.63, 3.8) is 0 Å². The number of hydrogen-bond donors (Lipinski definition) is 0. The Hall–Kier alpha value is 0.490. The second-order valence-electron chi connectivity index (χ2n) is 7.16. The van der Waals surface area contributed by atoms with Crippen molar-refractivity contribution >= 4 is 22.8 Å². The van der Waals surface area contributed by atoms with Crippen LogP contribution in [0.5, 0.6) is 0 Å². The summed E-state index contributed by atoms with van der Waals surface area (Å²) in [4.78, 5) is 0. The summed E-state index contributed by atoms with van der Waals surface area (Å²) in [5, 5.41) is 0. The first kappa shape index (κ1) is 28.5. The lowest BCUT2D eigenvalue weighted by Crippen LogP contribution is -2.06. The molecule has 8 nitrogen and oxygen atoms in total. The summed E-state index contributed by atoms with van der Waals surface area (Å²) in [7, 11) is -8.47. The minimum atomic E-state index is -2.95. The minimum absolute atomic E-state index is 0.521. The second kappa shape index (κ2) is 15.3. The van der Waals surface area contributed by atoms with Crippen LogP contribution >= 0.6 is 22.8 Å². The molecule has 0 bridgehead atoms. The molecule has 1 unspecified atom stereocenters. The van der Waals surface area contributed by atoms with Gasteiger partial charge in [0.15, 0.2) is 0 Å². The van der Waals surface area contributed by atoms with Crippen molar-refractivity contribution in [1.29, 1.82) is 0 Å². The molecule has 0 aromatic heterocycles. The van der Waals surface area contributed by atoms with Crippen molar-refractivity contribution in [2.45, 2.75) is 86.5 Å². The van der Waals surface area contributed by atoms with Crippen molar-refractivity contribution in [2.75, 3.05) is 39.2 Å². The molecular formula is C19H44N3O5P3. The molecule has 0 radical (unpaired) electrons. The van der Waals surface area contributed by atoms with Gasteiger partial charge in [-0.2, -0.15) is 9.03 Å². The minimum Gasteiger partial charge on any atom is -0.327 e. The van der Waals surface area contributed by atoms with E-state index in [-0.39, 0.29) is 0 Å². The lowest BCUT2D eigenvalue weighted by molar-refractivity contribution is 0.227. The summed E-state index contributed by atoms with van der Waals surface area (Å²) in [5.41, 5.74) is 0. The van der Waals surface area contributed by atoms with E-state index in [0.717, 1.165) is 51.1 Å². The van der Waals surface area contributed by atoms with Gasteiger partial charge in [0.25, 0.3) is 0 Å². The maximum atomic E-state index is 6.41. The van der Waals surface area contributed by atoms with Gasteiger partial charge in [-0.3, -0.25) is 0 Å². The van der Waals surface area contributed by atoms with Crippen LogP contribution < -0.4 is 0 Å². The first-order valence-corrected chi connectivity index (χ1v) is 16.5. The normalized spacial score (nSPS) is 22.2. The van der Waals surface area contributed by atoms with E-state index in [0.29, 0.717) is 33.0 Å². The summed E-state index contributed by atoms with van der Waals surface area (Å²) >= 11 is 0. The maximum Gasteiger partial charge on any atom is 0.347 e. The zero-order chi connectivity index (χ0) is 22.3. The topological polar surface area (TPSA) is 83.2 Å². The fourth-order valence-corrected chi connectivity index (χ4v) is 13.8. The first-order chi connectivity index (χ1) is 14.5. The van der Waals surface area contributed by atoms with Crippen LogP contribution in [0.2, 0.25) is 0 Å². The van der Waals surface area contributed by atoms with Gasteiger partial charge in [-0.05, 0) is 38.5 Å². The molecule has 0 fully saturated rings.